The first-order valence-corrected chi connectivity index (χ1v) is 10.9. The Morgan fingerprint density at radius 3 is 2.17 bits per heavy atom. The minimum atomic E-state index is 0.0685. The Labute approximate surface area is 177 Å². The lowest BCUT2D eigenvalue weighted by Gasteiger charge is -2.42. The molecular formula is C29H34. The fraction of sp³-hybridized carbons (Fsp3) is 0.379. The molecule has 0 nitrogen and oxygen atoms in total. The average molecular weight is 383 g/mol. The Balaban J connectivity index is 1.82. The van der Waals surface area contributed by atoms with Crippen molar-refractivity contribution in [3.05, 3.63) is 88.5 Å². The van der Waals surface area contributed by atoms with Crippen LogP contribution in [0.25, 0.3) is 17.7 Å². The first-order valence-electron chi connectivity index (χ1n) is 10.9. The van der Waals surface area contributed by atoms with Crippen LogP contribution in [0.15, 0.2) is 55.1 Å². The van der Waals surface area contributed by atoms with Crippen LogP contribution in [0, 0.1) is 5.41 Å². The number of benzene rings is 2. The lowest BCUT2D eigenvalue weighted by Crippen LogP contribution is -2.33. The van der Waals surface area contributed by atoms with Gasteiger partial charge in [-0.05, 0) is 62.6 Å². The molecule has 0 bridgehead atoms. The second kappa shape index (κ2) is 6.59. The van der Waals surface area contributed by atoms with E-state index in [1.54, 1.807) is 0 Å². The van der Waals surface area contributed by atoms with E-state index in [-0.39, 0.29) is 16.2 Å². The van der Waals surface area contributed by atoms with Crippen LogP contribution in [0.2, 0.25) is 0 Å². The molecule has 0 fully saturated rings. The summed E-state index contributed by atoms with van der Waals surface area (Å²) < 4.78 is 0. The van der Waals surface area contributed by atoms with E-state index in [0.29, 0.717) is 0 Å². The van der Waals surface area contributed by atoms with Crippen LogP contribution >= 0.6 is 0 Å². The monoisotopic (exact) mass is 382 g/mol. The number of fused-ring (bicyclic) bond motifs is 2. The summed E-state index contributed by atoms with van der Waals surface area (Å²) >= 11 is 0. The molecule has 0 amide bonds. The number of rotatable bonds is 2. The molecule has 4 rings (SSSR count). The molecule has 0 unspecified atom stereocenters. The molecule has 0 saturated heterocycles. The zero-order valence-electron chi connectivity index (χ0n) is 18.9. The van der Waals surface area contributed by atoms with Crippen molar-refractivity contribution in [2.45, 2.75) is 65.2 Å². The zero-order chi connectivity index (χ0) is 21.0. The third-order valence-electron chi connectivity index (χ3n) is 7.04. The maximum Gasteiger partial charge on any atom is 0.00111 e. The van der Waals surface area contributed by atoms with Gasteiger partial charge >= 0.3 is 0 Å². The van der Waals surface area contributed by atoms with Gasteiger partial charge in [0.15, 0.2) is 0 Å². The molecule has 2 aliphatic carbocycles. The van der Waals surface area contributed by atoms with Crippen LogP contribution < -0.4 is 0 Å². The van der Waals surface area contributed by atoms with Crippen LogP contribution in [0.4, 0.5) is 0 Å². The minimum absolute atomic E-state index is 0.0685. The maximum absolute atomic E-state index is 4.55. The molecule has 0 radical (unpaired) electrons. The molecule has 29 heavy (non-hydrogen) atoms. The van der Waals surface area contributed by atoms with Crippen LogP contribution in [0.1, 0.15) is 87.8 Å². The van der Waals surface area contributed by atoms with Crippen molar-refractivity contribution in [3.8, 4) is 0 Å². The lowest BCUT2D eigenvalue weighted by atomic mass is 9.63. The molecular weight excluding hydrogens is 348 g/mol. The SMILES string of the molecule is C=C(c1ccc2c(c1)C(C)(C)CCC2(C)C)c1cccc2c1C=CC(C)(C)C=C2. The summed E-state index contributed by atoms with van der Waals surface area (Å²) in [6, 6.07) is 13.6. The van der Waals surface area contributed by atoms with Gasteiger partial charge in [0.1, 0.15) is 0 Å². The molecule has 0 N–H and O–H groups in total. The molecule has 0 saturated carbocycles. The largest absolute Gasteiger partial charge is 0.0905 e. The predicted octanol–water partition coefficient (Wildman–Crippen LogP) is 8.16. The van der Waals surface area contributed by atoms with E-state index in [9.17, 15) is 0 Å². The number of hydrogen-bond acceptors (Lipinski definition) is 0. The van der Waals surface area contributed by atoms with Crippen LogP contribution in [-0.2, 0) is 10.8 Å². The van der Waals surface area contributed by atoms with Gasteiger partial charge in [-0.1, -0.05) is 109 Å². The minimum Gasteiger partial charge on any atom is -0.0905 e. The van der Waals surface area contributed by atoms with E-state index >= 15 is 0 Å². The normalized spacial score (nSPS) is 20.5. The zero-order valence-corrected chi connectivity index (χ0v) is 18.9. The second-order valence-corrected chi connectivity index (χ2v) is 10.8. The second-order valence-electron chi connectivity index (χ2n) is 10.8. The summed E-state index contributed by atoms with van der Waals surface area (Å²) in [5.74, 6) is 0. The molecule has 2 aromatic rings. The summed E-state index contributed by atoms with van der Waals surface area (Å²) in [6.07, 6.45) is 11.6. The molecule has 2 aromatic carbocycles. The Morgan fingerprint density at radius 2 is 1.45 bits per heavy atom. The topological polar surface area (TPSA) is 0 Å². The van der Waals surface area contributed by atoms with Crippen molar-refractivity contribution in [3.63, 3.8) is 0 Å². The fourth-order valence-electron chi connectivity index (χ4n) is 4.77. The molecule has 0 heterocycles. The van der Waals surface area contributed by atoms with E-state index in [1.807, 2.05) is 0 Å². The highest BCUT2D eigenvalue weighted by molar-refractivity contribution is 5.87. The van der Waals surface area contributed by atoms with Crippen LogP contribution in [-0.4, -0.2) is 0 Å². The van der Waals surface area contributed by atoms with Gasteiger partial charge in [-0.2, -0.15) is 0 Å². The highest BCUT2D eigenvalue weighted by Gasteiger charge is 2.37. The van der Waals surface area contributed by atoms with E-state index in [2.05, 4.69) is 109 Å². The summed E-state index contributed by atoms with van der Waals surface area (Å²) in [4.78, 5) is 0. The fourth-order valence-corrected chi connectivity index (χ4v) is 4.77. The Kier molecular flexibility index (Phi) is 4.53. The molecule has 0 heteroatoms. The van der Waals surface area contributed by atoms with Crippen LogP contribution in [0.3, 0.4) is 0 Å². The third kappa shape index (κ3) is 3.54. The van der Waals surface area contributed by atoms with Crippen molar-refractivity contribution in [1.29, 1.82) is 0 Å². The third-order valence-corrected chi connectivity index (χ3v) is 7.04. The van der Waals surface area contributed by atoms with Gasteiger partial charge in [0.05, 0.1) is 0 Å². The molecule has 0 aromatic heterocycles. The van der Waals surface area contributed by atoms with E-state index in [4.69, 9.17) is 0 Å². The van der Waals surface area contributed by atoms with Crippen molar-refractivity contribution < 1.29 is 0 Å². The number of allylic oxidation sites excluding steroid dienone is 2. The number of hydrogen-bond donors (Lipinski definition) is 0. The average Bonchev–Trinajstić information content (AvgIpc) is 2.83. The molecule has 150 valence electrons. The highest BCUT2D eigenvalue weighted by Crippen LogP contribution is 2.46. The first-order chi connectivity index (χ1) is 13.5. The molecule has 0 atom stereocenters. The Morgan fingerprint density at radius 1 is 0.793 bits per heavy atom. The Bertz CT molecular complexity index is 1040. The summed E-state index contributed by atoms with van der Waals surface area (Å²) in [7, 11) is 0. The standard InChI is InChI=1S/C29H34/c1-20(23-10-8-9-21-13-15-27(2,3)16-14-24(21)23)22-11-12-25-26(19-22)29(6,7)18-17-28(25,4)5/h8-16,19H,1,17-18H2,2-7H3. The van der Waals surface area contributed by atoms with Gasteiger partial charge in [-0.15, -0.1) is 0 Å². The smallest absolute Gasteiger partial charge is 0.00111 e. The van der Waals surface area contributed by atoms with Gasteiger partial charge in [-0.25, -0.2) is 0 Å². The van der Waals surface area contributed by atoms with E-state index < -0.39 is 0 Å². The van der Waals surface area contributed by atoms with Crippen molar-refractivity contribution in [1.82, 2.24) is 0 Å². The molecule has 0 aliphatic heterocycles. The van der Waals surface area contributed by atoms with Gasteiger partial charge < -0.3 is 0 Å². The van der Waals surface area contributed by atoms with Gasteiger partial charge in [0, 0.05) is 5.41 Å². The van der Waals surface area contributed by atoms with Gasteiger partial charge in [0.2, 0.25) is 0 Å². The van der Waals surface area contributed by atoms with Crippen molar-refractivity contribution >= 4 is 17.7 Å². The van der Waals surface area contributed by atoms with E-state index in [0.717, 1.165) is 5.57 Å². The lowest BCUT2D eigenvalue weighted by molar-refractivity contribution is 0.332. The Hall–Kier alpha value is -2.34. The van der Waals surface area contributed by atoms with Gasteiger partial charge in [0.25, 0.3) is 0 Å². The van der Waals surface area contributed by atoms with E-state index in [1.165, 1.54) is 46.2 Å². The van der Waals surface area contributed by atoms with Crippen LogP contribution in [0.5, 0.6) is 0 Å². The quantitative estimate of drug-likeness (QED) is 0.491. The first kappa shape index (κ1) is 20.0. The summed E-state index contributed by atoms with van der Waals surface area (Å²) in [6.45, 7) is 18.6. The highest BCUT2D eigenvalue weighted by atomic mass is 14.4. The molecule has 2 aliphatic rings. The van der Waals surface area contributed by atoms with Gasteiger partial charge in [-0.3, -0.25) is 0 Å². The van der Waals surface area contributed by atoms with Crippen molar-refractivity contribution in [2.75, 3.05) is 0 Å². The maximum atomic E-state index is 4.55. The predicted molar refractivity (Wildman–Crippen MR) is 128 cm³/mol. The summed E-state index contributed by atoms with van der Waals surface area (Å²) in [5, 5.41) is 0. The van der Waals surface area contributed by atoms with Crippen molar-refractivity contribution in [2.24, 2.45) is 5.41 Å². The summed E-state index contributed by atoms with van der Waals surface area (Å²) in [5.41, 5.74) is 9.64. The molecule has 0 spiro atoms.